The standard InChI is InChI=1S/C17H15N3O3S/c21-16(22)11-14(15-3-1-10-24-15)19-17(23)12-4-6-13(7-5-12)20-9-2-8-18-20/h1-10,14H,11H2,(H,19,23)(H,21,22)/t14-/m0/s1. The Labute approximate surface area is 142 Å². The molecule has 3 aromatic rings. The summed E-state index contributed by atoms with van der Waals surface area (Å²) < 4.78 is 1.70. The van der Waals surface area contributed by atoms with Crippen LogP contribution in [0.3, 0.4) is 0 Å². The summed E-state index contributed by atoms with van der Waals surface area (Å²) in [5.74, 6) is -1.26. The predicted octanol–water partition coefficient (Wildman–Crippen LogP) is 2.88. The highest BCUT2D eigenvalue weighted by Gasteiger charge is 2.19. The fourth-order valence-corrected chi connectivity index (χ4v) is 3.09. The molecule has 24 heavy (non-hydrogen) atoms. The van der Waals surface area contributed by atoms with Gasteiger partial charge in [0.1, 0.15) is 0 Å². The molecule has 0 fully saturated rings. The van der Waals surface area contributed by atoms with E-state index in [1.165, 1.54) is 11.3 Å². The summed E-state index contributed by atoms with van der Waals surface area (Å²) >= 11 is 1.42. The van der Waals surface area contributed by atoms with Crippen molar-refractivity contribution in [3.63, 3.8) is 0 Å². The van der Waals surface area contributed by atoms with Gasteiger partial charge in [-0.15, -0.1) is 11.3 Å². The molecule has 0 spiro atoms. The SMILES string of the molecule is O=C(O)C[C@H](NC(=O)c1ccc(-n2cccn2)cc1)c1cccs1. The molecule has 122 valence electrons. The van der Waals surface area contributed by atoms with Gasteiger partial charge >= 0.3 is 5.97 Å². The zero-order chi connectivity index (χ0) is 16.9. The number of thiophene rings is 1. The number of carbonyl (C=O) groups is 2. The molecule has 0 saturated carbocycles. The molecule has 0 aliphatic rings. The normalized spacial score (nSPS) is 11.8. The van der Waals surface area contributed by atoms with Gasteiger partial charge in [0.05, 0.1) is 18.2 Å². The van der Waals surface area contributed by atoms with Crippen molar-refractivity contribution in [3.8, 4) is 5.69 Å². The number of aliphatic carboxylic acids is 1. The number of hydrogen-bond donors (Lipinski definition) is 2. The Kier molecular flexibility index (Phi) is 4.72. The molecule has 0 unspecified atom stereocenters. The summed E-state index contributed by atoms with van der Waals surface area (Å²) in [6.07, 6.45) is 3.34. The van der Waals surface area contributed by atoms with Gasteiger partial charge < -0.3 is 10.4 Å². The molecule has 3 rings (SSSR count). The summed E-state index contributed by atoms with van der Waals surface area (Å²) in [5.41, 5.74) is 1.31. The third-order valence-electron chi connectivity index (χ3n) is 3.47. The number of aromatic nitrogens is 2. The van der Waals surface area contributed by atoms with Crippen LogP contribution in [0.1, 0.15) is 27.7 Å². The van der Waals surface area contributed by atoms with E-state index in [0.717, 1.165) is 10.6 Å². The van der Waals surface area contributed by atoms with Crippen molar-refractivity contribution in [2.75, 3.05) is 0 Å². The molecule has 7 heteroatoms. The molecule has 1 atom stereocenters. The molecule has 0 aliphatic carbocycles. The van der Waals surface area contributed by atoms with E-state index in [9.17, 15) is 9.59 Å². The first-order valence-corrected chi connectivity index (χ1v) is 8.17. The highest BCUT2D eigenvalue weighted by molar-refractivity contribution is 7.10. The zero-order valence-corrected chi connectivity index (χ0v) is 13.4. The smallest absolute Gasteiger partial charge is 0.305 e. The first-order chi connectivity index (χ1) is 11.6. The van der Waals surface area contributed by atoms with Crippen molar-refractivity contribution in [3.05, 3.63) is 70.7 Å². The van der Waals surface area contributed by atoms with Crippen molar-refractivity contribution in [1.29, 1.82) is 0 Å². The number of carboxylic acid groups (broad SMARTS) is 1. The van der Waals surface area contributed by atoms with Gasteiger partial charge in [0.2, 0.25) is 0 Å². The van der Waals surface area contributed by atoms with E-state index in [1.807, 2.05) is 29.8 Å². The number of amides is 1. The maximum atomic E-state index is 12.4. The number of hydrogen-bond acceptors (Lipinski definition) is 4. The van der Waals surface area contributed by atoms with E-state index in [1.54, 1.807) is 35.1 Å². The van der Waals surface area contributed by atoms with Crippen molar-refractivity contribution >= 4 is 23.2 Å². The summed E-state index contributed by atoms with van der Waals surface area (Å²) in [7, 11) is 0. The third-order valence-corrected chi connectivity index (χ3v) is 4.46. The average Bonchev–Trinajstić information content (AvgIpc) is 3.27. The van der Waals surface area contributed by atoms with Crippen LogP contribution in [-0.4, -0.2) is 26.8 Å². The molecule has 0 radical (unpaired) electrons. The second-order valence-corrected chi connectivity index (χ2v) is 6.12. The Morgan fingerprint density at radius 1 is 1.21 bits per heavy atom. The van der Waals surface area contributed by atoms with E-state index < -0.39 is 12.0 Å². The molecular weight excluding hydrogens is 326 g/mol. The molecule has 2 N–H and O–H groups in total. The van der Waals surface area contributed by atoms with E-state index >= 15 is 0 Å². The number of carbonyl (C=O) groups excluding carboxylic acids is 1. The number of benzene rings is 1. The minimum Gasteiger partial charge on any atom is -0.481 e. The highest BCUT2D eigenvalue weighted by atomic mass is 32.1. The quantitative estimate of drug-likeness (QED) is 0.722. The molecule has 0 aliphatic heterocycles. The summed E-state index contributed by atoms with van der Waals surface area (Å²) in [6, 6.07) is 11.9. The lowest BCUT2D eigenvalue weighted by atomic mass is 10.1. The predicted molar refractivity (Wildman–Crippen MR) is 90.3 cm³/mol. The van der Waals surface area contributed by atoms with Crippen LogP contribution in [0.5, 0.6) is 0 Å². The summed E-state index contributed by atoms with van der Waals surface area (Å²) in [5, 5.41) is 17.8. The number of nitrogens with zero attached hydrogens (tertiary/aromatic N) is 2. The number of rotatable bonds is 6. The number of nitrogens with one attached hydrogen (secondary N) is 1. The van der Waals surface area contributed by atoms with E-state index in [-0.39, 0.29) is 12.3 Å². The van der Waals surface area contributed by atoms with Crippen LogP contribution in [0, 0.1) is 0 Å². The Bertz CT molecular complexity index is 811. The zero-order valence-electron chi connectivity index (χ0n) is 12.6. The molecule has 2 heterocycles. The van der Waals surface area contributed by atoms with Crippen LogP contribution in [0.15, 0.2) is 60.2 Å². The Balaban J connectivity index is 1.74. The average molecular weight is 341 g/mol. The minimum atomic E-state index is -0.956. The Morgan fingerprint density at radius 2 is 2.00 bits per heavy atom. The van der Waals surface area contributed by atoms with Gasteiger partial charge in [-0.1, -0.05) is 6.07 Å². The van der Waals surface area contributed by atoms with Gasteiger partial charge in [-0.25, -0.2) is 4.68 Å². The lowest BCUT2D eigenvalue weighted by Crippen LogP contribution is -2.29. The topological polar surface area (TPSA) is 84.2 Å². The Hall–Kier alpha value is -2.93. The largest absolute Gasteiger partial charge is 0.481 e. The van der Waals surface area contributed by atoms with Crippen molar-refractivity contribution in [2.45, 2.75) is 12.5 Å². The second kappa shape index (κ2) is 7.10. The molecule has 1 amide bonds. The fourth-order valence-electron chi connectivity index (χ4n) is 2.32. The van der Waals surface area contributed by atoms with Crippen LogP contribution >= 0.6 is 11.3 Å². The first kappa shape index (κ1) is 15.9. The second-order valence-electron chi connectivity index (χ2n) is 5.14. The highest BCUT2D eigenvalue weighted by Crippen LogP contribution is 2.22. The van der Waals surface area contributed by atoms with E-state index in [2.05, 4.69) is 10.4 Å². The fraction of sp³-hybridized carbons (Fsp3) is 0.118. The monoisotopic (exact) mass is 341 g/mol. The molecular formula is C17H15N3O3S. The van der Waals surface area contributed by atoms with Crippen LogP contribution in [0.2, 0.25) is 0 Å². The van der Waals surface area contributed by atoms with E-state index in [0.29, 0.717) is 5.56 Å². The van der Waals surface area contributed by atoms with Gasteiger partial charge in [-0.2, -0.15) is 5.10 Å². The lowest BCUT2D eigenvalue weighted by Gasteiger charge is -2.15. The van der Waals surface area contributed by atoms with Gasteiger partial charge in [0.15, 0.2) is 0 Å². The van der Waals surface area contributed by atoms with Crippen molar-refractivity contribution < 1.29 is 14.7 Å². The molecule has 6 nitrogen and oxygen atoms in total. The van der Waals surface area contributed by atoms with E-state index in [4.69, 9.17) is 5.11 Å². The maximum Gasteiger partial charge on any atom is 0.305 e. The van der Waals surface area contributed by atoms with Crippen LogP contribution in [0.25, 0.3) is 5.69 Å². The van der Waals surface area contributed by atoms with Crippen LogP contribution in [-0.2, 0) is 4.79 Å². The van der Waals surface area contributed by atoms with Crippen LogP contribution in [0.4, 0.5) is 0 Å². The van der Waals surface area contributed by atoms with Gasteiger partial charge in [0, 0.05) is 22.8 Å². The molecule has 1 aromatic carbocycles. The Morgan fingerprint density at radius 3 is 2.58 bits per heavy atom. The van der Waals surface area contributed by atoms with Crippen molar-refractivity contribution in [2.24, 2.45) is 0 Å². The third kappa shape index (κ3) is 3.69. The molecule has 2 aromatic heterocycles. The maximum absolute atomic E-state index is 12.4. The summed E-state index contributed by atoms with van der Waals surface area (Å²) in [6.45, 7) is 0. The lowest BCUT2D eigenvalue weighted by molar-refractivity contribution is -0.137. The minimum absolute atomic E-state index is 0.155. The first-order valence-electron chi connectivity index (χ1n) is 7.29. The van der Waals surface area contributed by atoms with Gasteiger partial charge in [-0.3, -0.25) is 9.59 Å². The number of carboxylic acids is 1. The molecule has 0 bridgehead atoms. The van der Waals surface area contributed by atoms with Gasteiger partial charge in [0.25, 0.3) is 5.91 Å². The summed E-state index contributed by atoms with van der Waals surface area (Å²) in [4.78, 5) is 24.3. The van der Waals surface area contributed by atoms with Crippen molar-refractivity contribution in [1.82, 2.24) is 15.1 Å². The van der Waals surface area contributed by atoms with Crippen LogP contribution < -0.4 is 5.32 Å². The van der Waals surface area contributed by atoms with Gasteiger partial charge in [-0.05, 0) is 41.8 Å². The molecule has 0 saturated heterocycles.